The normalized spacial score (nSPS) is 15.9. The molecule has 1 aliphatic carbocycles. The lowest BCUT2D eigenvalue weighted by Gasteiger charge is -2.25. The Balaban J connectivity index is 1.88. The highest BCUT2D eigenvalue weighted by Gasteiger charge is 2.16. The van der Waals surface area contributed by atoms with Crippen LogP contribution in [0, 0.1) is 5.92 Å². The lowest BCUT2D eigenvalue weighted by atomic mass is 9.85. The van der Waals surface area contributed by atoms with Gasteiger partial charge < -0.3 is 20.9 Å². The molecule has 2 rings (SSSR count). The summed E-state index contributed by atoms with van der Waals surface area (Å²) >= 11 is 0. The number of nitrogens with two attached hydrogens (primary N) is 1. The molecule has 0 saturated heterocycles. The van der Waals surface area contributed by atoms with E-state index in [9.17, 15) is 5.11 Å². The highest BCUT2D eigenvalue weighted by atomic mass is 16.5. The molecule has 5 heteroatoms. The fourth-order valence-electron chi connectivity index (χ4n) is 1.99. The van der Waals surface area contributed by atoms with Crippen LogP contribution in [0.1, 0.15) is 24.8 Å². The van der Waals surface area contributed by atoms with Gasteiger partial charge in [-0.3, -0.25) is 0 Å². The Bertz CT molecular complexity index is 456. The lowest BCUT2D eigenvalue weighted by molar-refractivity contribution is 0.315. The Kier molecular flexibility index (Phi) is 4.49. The number of hydrogen-bond donors (Lipinski definition) is 3. The lowest BCUT2D eigenvalue weighted by Crippen LogP contribution is -2.37. The van der Waals surface area contributed by atoms with Crippen LogP contribution in [-0.4, -0.2) is 24.7 Å². The summed E-state index contributed by atoms with van der Waals surface area (Å²) in [5.41, 5.74) is 6.50. The first-order valence-electron chi connectivity index (χ1n) is 6.58. The van der Waals surface area contributed by atoms with Crippen LogP contribution in [0.4, 0.5) is 0 Å². The maximum absolute atomic E-state index is 9.72. The van der Waals surface area contributed by atoms with Gasteiger partial charge in [0, 0.05) is 12.1 Å². The highest BCUT2D eigenvalue weighted by Crippen LogP contribution is 2.25. The molecule has 1 saturated carbocycles. The van der Waals surface area contributed by atoms with Crippen LogP contribution in [0.15, 0.2) is 23.2 Å². The largest absolute Gasteiger partial charge is 0.508 e. The van der Waals surface area contributed by atoms with Crippen molar-refractivity contribution in [3.63, 3.8) is 0 Å². The molecule has 0 atom stereocenters. The number of guanidine groups is 1. The van der Waals surface area contributed by atoms with Crippen LogP contribution in [0.3, 0.4) is 0 Å². The van der Waals surface area contributed by atoms with Gasteiger partial charge in [-0.2, -0.15) is 0 Å². The van der Waals surface area contributed by atoms with E-state index >= 15 is 0 Å². The molecule has 1 aromatic rings. The number of phenolic OH excluding ortho intramolecular Hbond substituents is 1. The van der Waals surface area contributed by atoms with Crippen molar-refractivity contribution in [1.82, 2.24) is 5.32 Å². The average Bonchev–Trinajstić information content (AvgIpc) is 2.36. The predicted molar refractivity (Wildman–Crippen MR) is 75.3 cm³/mol. The number of ether oxygens (including phenoxy) is 1. The number of methoxy groups -OCH3 is 1. The molecule has 0 unspecified atom stereocenters. The molecule has 0 radical (unpaired) electrons. The third kappa shape index (κ3) is 3.77. The van der Waals surface area contributed by atoms with Crippen LogP contribution >= 0.6 is 0 Å². The summed E-state index contributed by atoms with van der Waals surface area (Å²) in [7, 11) is 1.59. The minimum absolute atomic E-state index is 0.205. The van der Waals surface area contributed by atoms with E-state index in [-0.39, 0.29) is 5.75 Å². The second kappa shape index (κ2) is 6.31. The summed E-state index contributed by atoms with van der Waals surface area (Å²) in [5, 5.41) is 12.8. The maximum Gasteiger partial charge on any atom is 0.188 e. The summed E-state index contributed by atoms with van der Waals surface area (Å²) in [5.74, 6) is 2.06. The molecular weight excluding hydrogens is 242 g/mol. The number of aliphatic imine (C=N–C) groups is 1. The number of nitrogens with zero attached hydrogens (tertiary/aromatic N) is 1. The molecule has 0 bridgehead atoms. The van der Waals surface area contributed by atoms with Crippen LogP contribution in [0.5, 0.6) is 11.5 Å². The van der Waals surface area contributed by atoms with Crippen molar-refractivity contribution >= 4 is 5.96 Å². The van der Waals surface area contributed by atoms with Crippen molar-refractivity contribution in [3.8, 4) is 11.5 Å². The zero-order valence-electron chi connectivity index (χ0n) is 11.2. The topological polar surface area (TPSA) is 79.9 Å². The number of hydrogen-bond acceptors (Lipinski definition) is 3. The summed E-state index contributed by atoms with van der Waals surface area (Å²) in [6.07, 6.45) is 3.87. The first kappa shape index (κ1) is 13.5. The molecule has 4 N–H and O–H groups in total. The van der Waals surface area contributed by atoms with Gasteiger partial charge in [0.25, 0.3) is 0 Å². The van der Waals surface area contributed by atoms with Gasteiger partial charge in [0.2, 0.25) is 0 Å². The molecule has 19 heavy (non-hydrogen) atoms. The predicted octanol–water partition coefficient (Wildman–Crippen LogP) is 1.61. The molecule has 104 valence electrons. The van der Waals surface area contributed by atoms with Gasteiger partial charge >= 0.3 is 0 Å². The van der Waals surface area contributed by atoms with Crippen LogP contribution < -0.4 is 15.8 Å². The number of aromatic hydroxyl groups is 1. The molecule has 5 nitrogen and oxygen atoms in total. The average molecular weight is 263 g/mol. The van der Waals surface area contributed by atoms with Crippen molar-refractivity contribution in [3.05, 3.63) is 23.8 Å². The standard InChI is InChI=1S/C14H21N3O2/c1-19-12-5-6-13(18)11(7-12)9-17-14(15)16-8-10-3-2-4-10/h5-7,10,18H,2-4,8-9H2,1H3,(H3,15,16,17). The molecule has 0 heterocycles. The first-order chi connectivity index (χ1) is 9.19. The monoisotopic (exact) mass is 263 g/mol. The number of nitrogens with one attached hydrogen (secondary N) is 1. The van der Waals surface area contributed by atoms with E-state index in [1.54, 1.807) is 25.3 Å². The summed E-state index contributed by atoms with van der Waals surface area (Å²) < 4.78 is 5.11. The van der Waals surface area contributed by atoms with Crippen molar-refractivity contribution in [2.24, 2.45) is 16.6 Å². The zero-order valence-corrected chi connectivity index (χ0v) is 11.2. The van der Waals surface area contributed by atoms with Gasteiger partial charge in [0.1, 0.15) is 11.5 Å². The SMILES string of the molecule is COc1ccc(O)c(CN=C(N)NCC2CCC2)c1. The van der Waals surface area contributed by atoms with Gasteiger partial charge in [0.05, 0.1) is 13.7 Å². The van der Waals surface area contributed by atoms with E-state index in [1.165, 1.54) is 19.3 Å². The Labute approximate surface area is 113 Å². The maximum atomic E-state index is 9.72. The minimum atomic E-state index is 0.205. The van der Waals surface area contributed by atoms with Gasteiger partial charge in [-0.15, -0.1) is 0 Å². The Hall–Kier alpha value is -1.91. The minimum Gasteiger partial charge on any atom is -0.508 e. The number of phenols is 1. The van der Waals surface area contributed by atoms with E-state index in [0.29, 0.717) is 23.8 Å². The van der Waals surface area contributed by atoms with E-state index in [2.05, 4.69) is 10.3 Å². The Morgan fingerprint density at radius 1 is 1.53 bits per heavy atom. The third-order valence-corrected chi connectivity index (χ3v) is 3.50. The van der Waals surface area contributed by atoms with Gasteiger partial charge in [-0.25, -0.2) is 4.99 Å². The smallest absolute Gasteiger partial charge is 0.188 e. The van der Waals surface area contributed by atoms with E-state index in [1.807, 2.05) is 0 Å². The van der Waals surface area contributed by atoms with Gasteiger partial charge in [0.15, 0.2) is 5.96 Å². The van der Waals surface area contributed by atoms with Crippen molar-refractivity contribution in [2.75, 3.05) is 13.7 Å². The fraction of sp³-hybridized carbons (Fsp3) is 0.500. The van der Waals surface area contributed by atoms with Crippen molar-refractivity contribution in [1.29, 1.82) is 0 Å². The molecule has 1 aliphatic rings. The molecule has 1 fully saturated rings. The van der Waals surface area contributed by atoms with Crippen molar-refractivity contribution in [2.45, 2.75) is 25.8 Å². The molecule has 0 aliphatic heterocycles. The summed E-state index contributed by atoms with van der Waals surface area (Å²) in [6.45, 7) is 1.23. The Morgan fingerprint density at radius 2 is 2.32 bits per heavy atom. The van der Waals surface area contributed by atoms with E-state index < -0.39 is 0 Å². The van der Waals surface area contributed by atoms with Gasteiger partial charge in [-0.1, -0.05) is 6.42 Å². The number of benzene rings is 1. The van der Waals surface area contributed by atoms with Crippen molar-refractivity contribution < 1.29 is 9.84 Å². The third-order valence-electron chi connectivity index (χ3n) is 3.50. The van der Waals surface area contributed by atoms with Crippen LogP contribution in [-0.2, 0) is 6.54 Å². The second-order valence-corrected chi connectivity index (χ2v) is 4.87. The van der Waals surface area contributed by atoms with Gasteiger partial charge in [-0.05, 0) is 37.0 Å². The van der Waals surface area contributed by atoms with Crippen LogP contribution in [0.25, 0.3) is 0 Å². The molecule has 0 spiro atoms. The fourth-order valence-corrected chi connectivity index (χ4v) is 1.99. The second-order valence-electron chi connectivity index (χ2n) is 4.87. The van der Waals surface area contributed by atoms with E-state index in [4.69, 9.17) is 10.5 Å². The molecular formula is C14H21N3O2. The molecule has 1 aromatic carbocycles. The Morgan fingerprint density at radius 3 is 2.95 bits per heavy atom. The zero-order chi connectivity index (χ0) is 13.7. The summed E-state index contributed by atoms with van der Waals surface area (Å²) in [4.78, 5) is 4.23. The quantitative estimate of drug-likeness (QED) is 0.557. The molecule has 0 aromatic heterocycles. The number of rotatable bonds is 5. The summed E-state index contributed by atoms with van der Waals surface area (Å²) in [6, 6.07) is 5.07. The molecule has 0 amide bonds. The first-order valence-corrected chi connectivity index (χ1v) is 6.58. The van der Waals surface area contributed by atoms with E-state index in [0.717, 1.165) is 12.5 Å². The van der Waals surface area contributed by atoms with Crippen LogP contribution in [0.2, 0.25) is 0 Å². The highest BCUT2D eigenvalue weighted by molar-refractivity contribution is 5.77.